The Bertz CT molecular complexity index is 491. The second kappa shape index (κ2) is 6.65. The Balaban J connectivity index is 1.91. The fourth-order valence-electron chi connectivity index (χ4n) is 1.90. The number of rotatable bonds is 4. The summed E-state index contributed by atoms with van der Waals surface area (Å²) in [4.78, 5) is 28.5. The maximum atomic E-state index is 12.0. The number of amides is 2. The number of hydrogen-bond donors (Lipinski definition) is 2. The third-order valence-corrected chi connectivity index (χ3v) is 4.04. The molecule has 0 radical (unpaired) electrons. The van der Waals surface area contributed by atoms with Crippen molar-refractivity contribution in [3.8, 4) is 0 Å². The summed E-state index contributed by atoms with van der Waals surface area (Å²) in [5.74, 6) is 1.37. The maximum Gasteiger partial charge on any atom is 0.327 e. The van der Waals surface area contributed by atoms with Gasteiger partial charge in [-0.3, -0.25) is 0 Å². The molecular weight excluding hydrogens is 282 g/mol. The van der Waals surface area contributed by atoms with Crippen LogP contribution in [0.1, 0.15) is 18.6 Å². The molecule has 2 N–H and O–H groups in total. The van der Waals surface area contributed by atoms with E-state index < -0.39 is 18.0 Å². The van der Waals surface area contributed by atoms with Crippen LogP contribution in [0.4, 0.5) is 4.79 Å². The molecular formula is C12H17N3O4S. The first-order valence-electron chi connectivity index (χ1n) is 6.40. The number of carboxylic acid groups (broad SMARTS) is 1. The Labute approximate surface area is 120 Å². The van der Waals surface area contributed by atoms with Gasteiger partial charge >= 0.3 is 12.0 Å². The van der Waals surface area contributed by atoms with Crippen LogP contribution < -0.4 is 5.32 Å². The van der Waals surface area contributed by atoms with Crippen LogP contribution in [0.3, 0.4) is 0 Å². The largest absolute Gasteiger partial charge is 0.480 e. The normalized spacial score (nSPS) is 18.9. The van der Waals surface area contributed by atoms with E-state index in [1.54, 1.807) is 6.20 Å². The fraction of sp³-hybridized carbons (Fsp3) is 0.583. The van der Waals surface area contributed by atoms with E-state index in [1.165, 1.54) is 16.7 Å². The van der Waals surface area contributed by atoms with Crippen molar-refractivity contribution in [3.05, 3.63) is 17.8 Å². The van der Waals surface area contributed by atoms with Crippen LogP contribution in [0.5, 0.6) is 0 Å². The second-order valence-corrected chi connectivity index (χ2v) is 5.50. The lowest BCUT2D eigenvalue weighted by Crippen LogP contribution is -2.53. The molecule has 1 aromatic heterocycles. The summed E-state index contributed by atoms with van der Waals surface area (Å²) in [5, 5.41) is 11.8. The molecule has 0 bridgehead atoms. The molecule has 1 unspecified atom stereocenters. The molecule has 1 aliphatic rings. The van der Waals surface area contributed by atoms with Crippen LogP contribution in [-0.2, 0) is 17.8 Å². The predicted octanol–water partition coefficient (Wildman–Crippen LogP) is 0.949. The summed E-state index contributed by atoms with van der Waals surface area (Å²) in [5.41, 5.74) is 0. The summed E-state index contributed by atoms with van der Waals surface area (Å²) in [6.07, 6.45) is 2.37. The van der Waals surface area contributed by atoms with Crippen LogP contribution in [-0.4, -0.2) is 51.1 Å². The Hall–Kier alpha value is -1.70. The van der Waals surface area contributed by atoms with Gasteiger partial charge in [0.1, 0.15) is 11.8 Å². The van der Waals surface area contributed by atoms with Gasteiger partial charge in [-0.2, -0.15) is 11.8 Å². The van der Waals surface area contributed by atoms with Crippen LogP contribution in [0, 0.1) is 0 Å². The van der Waals surface area contributed by atoms with Crippen LogP contribution in [0.2, 0.25) is 0 Å². The Morgan fingerprint density at radius 3 is 3.10 bits per heavy atom. The number of nitrogens with one attached hydrogen (secondary N) is 1. The minimum absolute atomic E-state index is 0.162. The van der Waals surface area contributed by atoms with Gasteiger partial charge in [0.05, 0.1) is 12.7 Å². The van der Waals surface area contributed by atoms with E-state index in [2.05, 4.69) is 10.3 Å². The summed E-state index contributed by atoms with van der Waals surface area (Å²) < 4.78 is 5.38. The highest BCUT2D eigenvalue weighted by atomic mass is 32.2. The number of carbonyl (C=O) groups is 2. The third-order valence-electron chi connectivity index (χ3n) is 3.02. The lowest BCUT2D eigenvalue weighted by atomic mass is 10.3. The summed E-state index contributed by atoms with van der Waals surface area (Å²) in [7, 11) is 0. The molecule has 110 valence electrons. The first-order chi connectivity index (χ1) is 9.61. The zero-order chi connectivity index (χ0) is 14.5. The molecule has 7 nitrogen and oxygen atoms in total. The molecule has 1 aliphatic heterocycles. The van der Waals surface area contributed by atoms with E-state index in [9.17, 15) is 9.59 Å². The topological polar surface area (TPSA) is 95.7 Å². The highest BCUT2D eigenvalue weighted by Gasteiger charge is 2.32. The first-order valence-corrected chi connectivity index (χ1v) is 7.56. The molecule has 0 aromatic carbocycles. The summed E-state index contributed by atoms with van der Waals surface area (Å²) in [6, 6.07) is -1.17. The average Bonchev–Trinajstić information content (AvgIpc) is 2.92. The number of hydrogen-bond acceptors (Lipinski definition) is 5. The third kappa shape index (κ3) is 3.44. The van der Waals surface area contributed by atoms with Crippen LogP contribution in [0.25, 0.3) is 0 Å². The Kier molecular flexibility index (Phi) is 4.89. The van der Waals surface area contributed by atoms with Gasteiger partial charge in [0.2, 0.25) is 5.89 Å². The summed E-state index contributed by atoms with van der Waals surface area (Å²) in [6.45, 7) is 2.54. The van der Waals surface area contributed by atoms with Crippen LogP contribution in [0.15, 0.2) is 10.6 Å². The van der Waals surface area contributed by atoms with Crippen molar-refractivity contribution in [2.24, 2.45) is 0 Å². The highest BCUT2D eigenvalue weighted by Crippen LogP contribution is 2.16. The van der Waals surface area contributed by atoms with Gasteiger partial charge in [-0.05, 0) is 0 Å². The molecule has 0 aliphatic carbocycles. The average molecular weight is 299 g/mol. The van der Waals surface area contributed by atoms with Crippen LogP contribution >= 0.6 is 11.8 Å². The monoisotopic (exact) mass is 299 g/mol. The molecule has 20 heavy (non-hydrogen) atoms. The van der Waals surface area contributed by atoms with Gasteiger partial charge < -0.3 is 19.7 Å². The van der Waals surface area contributed by atoms with E-state index in [0.29, 0.717) is 18.2 Å². The van der Waals surface area contributed by atoms with Crippen molar-refractivity contribution in [2.75, 3.05) is 18.1 Å². The van der Waals surface area contributed by atoms with E-state index in [-0.39, 0.29) is 6.54 Å². The SMILES string of the molecule is CCc1cnc(CNC(=O)N2CCSCC2C(=O)O)o1. The predicted molar refractivity (Wildman–Crippen MR) is 73.6 cm³/mol. The molecule has 1 fully saturated rings. The van der Waals surface area contributed by atoms with Gasteiger partial charge in [0.15, 0.2) is 0 Å². The van der Waals surface area contributed by atoms with Crippen molar-refractivity contribution in [3.63, 3.8) is 0 Å². The minimum atomic E-state index is -0.975. The molecule has 0 spiro atoms. The van der Waals surface area contributed by atoms with Crippen molar-refractivity contribution >= 4 is 23.8 Å². The van der Waals surface area contributed by atoms with Gasteiger partial charge in [-0.25, -0.2) is 14.6 Å². The lowest BCUT2D eigenvalue weighted by Gasteiger charge is -2.32. The fourth-order valence-corrected chi connectivity index (χ4v) is 2.94. The zero-order valence-corrected chi connectivity index (χ0v) is 12.0. The number of carbonyl (C=O) groups excluding carboxylic acids is 1. The molecule has 2 rings (SSSR count). The molecule has 8 heteroatoms. The standard InChI is InChI=1S/C12H17N3O4S/c1-2-8-5-13-10(19-8)6-14-12(18)15-3-4-20-7-9(15)11(16)17/h5,9H,2-4,6-7H2,1H3,(H,14,18)(H,16,17). The van der Waals surface area contributed by atoms with Crippen molar-refractivity contribution in [1.29, 1.82) is 0 Å². The van der Waals surface area contributed by atoms with Gasteiger partial charge in [0, 0.05) is 24.5 Å². The van der Waals surface area contributed by atoms with Crippen molar-refractivity contribution in [1.82, 2.24) is 15.2 Å². The van der Waals surface area contributed by atoms with Gasteiger partial charge in [0.25, 0.3) is 0 Å². The minimum Gasteiger partial charge on any atom is -0.480 e. The number of nitrogens with zero attached hydrogens (tertiary/aromatic N) is 2. The quantitative estimate of drug-likeness (QED) is 0.859. The Morgan fingerprint density at radius 2 is 2.45 bits per heavy atom. The number of aromatic nitrogens is 1. The number of urea groups is 1. The molecule has 2 heterocycles. The van der Waals surface area contributed by atoms with E-state index in [0.717, 1.165) is 17.9 Å². The lowest BCUT2D eigenvalue weighted by molar-refractivity contribution is -0.141. The Morgan fingerprint density at radius 1 is 1.65 bits per heavy atom. The molecule has 1 saturated heterocycles. The van der Waals surface area contributed by atoms with E-state index in [1.807, 2.05) is 6.92 Å². The number of thioether (sulfide) groups is 1. The van der Waals surface area contributed by atoms with Gasteiger partial charge in [-0.15, -0.1) is 0 Å². The zero-order valence-electron chi connectivity index (χ0n) is 11.2. The second-order valence-electron chi connectivity index (χ2n) is 4.35. The van der Waals surface area contributed by atoms with E-state index >= 15 is 0 Å². The number of aryl methyl sites for hydroxylation is 1. The van der Waals surface area contributed by atoms with Gasteiger partial charge in [-0.1, -0.05) is 6.92 Å². The smallest absolute Gasteiger partial charge is 0.327 e. The van der Waals surface area contributed by atoms with Crippen molar-refractivity contribution < 1.29 is 19.1 Å². The summed E-state index contributed by atoms with van der Waals surface area (Å²) >= 11 is 1.54. The molecule has 1 aromatic rings. The van der Waals surface area contributed by atoms with E-state index in [4.69, 9.17) is 9.52 Å². The molecule has 1 atom stereocenters. The maximum absolute atomic E-state index is 12.0. The number of oxazole rings is 1. The molecule has 0 saturated carbocycles. The van der Waals surface area contributed by atoms with Crippen molar-refractivity contribution in [2.45, 2.75) is 25.9 Å². The highest BCUT2D eigenvalue weighted by molar-refractivity contribution is 7.99. The number of carboxylic acids is 1. The number of aliphatic carboxylic acids is 1. The molecule has 2 amide bonds. The first kappa shape index (κ1) is 14.7.